The average Bonchev–Trinajstić information content (AvgIpc) is 3.13. The van der Waals surface area contributed by atoms with E-state index in [1.165, 1.54) is 42.4 Å². The Labute approximate surface area is 113 Å². The predicted molar refractivity (Wildman–Crippen MR) is 76.1 cm³/mol. The molecule has 1 atom stereocenters. The largest absolute Gasteiger partial charge is 0.381 e. The summed E-state index contributed by atoms with van der Waals surface area (Å²) in [7, 11) is 0. The summed E-state index contributed by atoms with van der Waals surface area (Å²) in [5.41, 5.74) is 3.15. The summed E-state index contributed by atoms with van der Waals surface area (Å²) >= 11 is 0. The van der Waals surface area contributed by atoms with Crippen LogP contribution in [0.1, 0.15) is 18.4 Å². The summed E-state index contributed by atoms with van der Waals surface area (Å²) in [6.07, 6.45) is 4.58. The molecule has 2 aliphatic rings. The molecule has 2 fully saturated rings. The maximum Gasteiger partial charge on any atom is 0.0536 e. The Balaban J connectivity index is 1.54. The summed E-state index contributed by atoms with van der Waals surface area (Å²) in [5, 5.41) is 1.37. The molecule has 0 aliphatic carbocycles. The van der Waals surface area contributed by atoms with Crippen LogP contribution in [0.5, 0.6) is 0 Å². The summed E-state index contributed by atoms with van der Waals surface area (Å²) in [6, 6.07) is 8.75. The third-order valence-corrected chi connectivity index (χ3v) is 4.78. The molecule has 1 aromatic heterocycles. The van der Waals surface area contributed by atoms with Crippen LogP contribution in [0.4, 0.5) is 0 Å². The zero-order valence-corrected chi connectivity index (χ0v) is 11.2. The van der Waals surface area contributed by atoms with Crippen LogP contribution in [0.25, 0.3) is 10.9 Å². The van der Waals surface area contributed by atoms with Crippen molar-refractivity contribution in [2.24, 2.45) is 5.41 Å². The Morgan fingerprint density at radius 3 is 3.16 bits per heavy atom. The number of rotatable bonds is 2. The first-order valence-electron chi connectivity index (χ1n) is 7.20. The van der Waals surface area contributed by atoms with E-state index in [2.05, 4.69) is 34.1 Å². The molecule has 4 rings (SSSR count). The highest BCUT2D eigenvalue weighted by molar-refractivity contribution is 5.82. The van der Waals surface area contributed by atoms with Crippen molar-refractivity contribution in [1.82, 2.24) is 9.88 Å². The maximum atomic E-state index is 5.61. The van der Waals surface area contributed by atoms with Crippen LogP contribution in [0.15, 0.2) is 30.5 Å². The van der Waals surface area contributed by atoms with E-state index in [0.717, 1.165) is 19.8 Å². The molecule has 0 radical (unpaired) electrons. The van der Waals surface area contributed by atoms with Gasteiger partial charge in [-0.1, -0.05) is 12.1 Å². The van der Waals surface area contributed by atoms with Crippen molar-refractivity contribution in [2.45, 2.75) is 19.4 Å². The number of H-pyrrole nitrogens is 1. The molecule has 2 saturated heterocycles. The lowest BCUT2D eigenvalue weighted by molar-refractivity contribution is 0.151. The number of fused-ring (bicyclic) bond motifs is 1. The number of aromatic nitrogens is 1. The quantitative estimate of drug-likeness (QED) is 0.895. The standard InChI is InChI=1S/C16H20N2O/c1-2-13(14-4-7-17-15(14)3-1)10-18-8-5-16(11-18)6-9-19-12-16/h1-4,7,17H,5-6,8-12H2/t16-/m0/s1. The molecule has 0 saturated carbocycles. The van der Waals surface area contributed by atoms with Crippen LogP contribution in [0.2, 0.25) is 0 Å². The monoisotopic (exact) mass is 256 g/mol. The van der Waals surface area contributed by atoms with Gasteiger partial charge in [-0.05, 0) is 37.1 Å². The normalized spacial score (nSPS) is 27.8. The molecule has 3 heterocycles. The molecule has 100 valence electrons. The minimum absolute atomic E-state index is 0.464. The fourth-order valence-electron chi connectivity index (χ4n) is 3.66. The Bertz CT molecular complexity index is 583. The van der Waals surface area contributed by atoms with E-state index in [1.54, 1.807) is 0 Å². The Morgan fingerprint density at radius 1 is 1.26 bits per heavy atom. The van der Waals surface area contributed by atoms with Crippen molar-refractivity contribution in [1.29, 1.82) is 0 Å². The first kappa shape index (κ1) is 11.5. The maximum absolute atomic E-state index is 5.61. The van der Waals surface area contributed by atoms with E-state index < -0.39 is 0 Å². The predicted octanol–water partition coefficient (Wildman–Crippen LogP) is 2.78. The molecule has 1 aromatic carbocycles. The number of ether oxygens (including phenoxy) is 1. The summed E-state index contributed by atoms with van der Waals surface area (Å²) in [6.45, 7) is 5.41. The van der Waals surface area contributed by atoms with Crippen molar-refractivity contribution in [3.05, 3.63) is 36.0 Å². The van der Waals surface area contributed by atoms with E-state index in [1.807, 2.05) is 6.20 Å². The molecule has 1 N–H and O–H groups in total. The number of likely N-dealkylation sites (tertiary alicyclic amines) is 1. The van der Waals surface area contributed by atoms with Crippen molar-refractivity contribution in [2.75, 3.05) is 26.3 Å². The summed E-state index contributed by atoms with van der Waals surface area (Å²) in [5.74, 6) is 0. The number of benzene rings is 1. The number of nitrogens with zero attached hydrogens (tertiary/aromatic N) is 1. The second-order valence-corrected chi connectivity index (χ2v) is 6.12. The molecule has 0 bridgehead atoms. The number of nitrogens with one attached hydrogen (secondary N) is 1. The van der Waals surface area contributed by atoms with Crippen LogP contribution in [0, 0.1) is 5.41 Å². The van der Waals surface area contributed by atoms with Crippen LogP contribution in [-0.2, 0) is 11.3 Å². The molecule has 2 aromatic rings. The molecule has 0 unspecified atom stereocenters. The number of aromatic amines is 1. The van der Waals surface area contributed by atoms with Crippen LogP contribution in [-0.4, -0.2) is 36.2 Å². The minimum atomic E-state index is 0.464. The molecule has 2 aliphatic heterocycles. The third kappa shape index (κ3) is 1.97. The number of hydrogen-bond acceptors (Lipinski definition) is 2. The fourth-order valence-corrected chi connectivity index (χ4v) is 3.66. The van der Waals surface area contributed by atoms with Crippen molar-refractivity contribution < 1.29 is 4.74 Å². The van der Waals surface area contributed by atoms with Gasteiger partial charge in [-0.15, -0.1) is 0 Å². The smallest absolute Gasteiger partial charge is 0.0536 e. The van der Waals surface area contributed by atoms with Gasteiger partial charge in [0.2, 0.25) is 0 Å². The zero-order chi connectivity index (χ0) is 12.7. The first-order valence-corrected chi connectivity index (χ1v) is 7.20. The Hall–Kier alpha value is -1.32. The highest BCUT2D eigenvalue weighted by Crippen LogP contribution is 2.38. The zero-order valence-electron chi connectivity index (χ0n) is 11.2. The molecule has 3 heteroatoms. The highest BCUT2D eigenvalue weighted by atomic mass is 16.5. The lowest BCUT2D eigenvalue weighted by Gasteiger charge is -2.22. The van der Waals surface area contributed by atoms with Crippen molar-refractivity contribution in [3.8, 4) is 0 Å². The van der Waals surface area contributed by atoms with E-state index in [9.17, 15) is 0 Å². The lowest BCUT2D eigenvalue weighted by Crippen LogP contribution is -2.27. The van der Waals surface area contributed by atoms with Crippen molar-refractivity contribution in [3.63, 3.8) is 0 Å². The topological polar surface area (TPSA) is 28.3 Å². The van der Waals surface area contributed by atoms with Gasteiger partial charge in [-0.2, -0.15) is 0 Å². The van der Waals surface area contributed by atoms with E-state index in [0.29, 0.717) is 5.41 Å². The second kappa shape index (κ2) is 4.36. The summed E-state index contributed by atoms with van der Waals surface area (Å²) in [4.78, 5) is 5.89. The van der Waals surface area contributed by atoms with E-state index >= 15 is 0 Å². The first-order chi connectivity index (χ1) is 9.35. The molecule has 0 amide bonds. The molecular weight excluding hydrogens is 236 g/mol. The van der Waals surface area contributed by atoms with Gasteiger partial charge in [0.1, 0.15) is 0 Å². The van der Waals surface area contributed by atoms with Gasteiger partial charge in [0.05, 0.1) is 6.61 Å². The third-order valence-electron chi connectivity index (χ3n) is 4.78. The van der Waals surface area contributed by atoms with Gasteiger partial charge >= 0.3 is 0 Å². The molecule has 3 nitrogen and oxygen atoms in total. The van der Waals surface area contributed by atoms with Gasteiger partial charge < -0.3 is 9.72 Å². The van der Waals surface area contributed by atoms with Gasteiger partial charge in [0, 0.05) is 42.2 Å². The van der Waals surface area contributed by atoms with Gasteiger partial charge in [-0.3, -0.25) is 4.90 Å². The SMILES string of the molecule is c1cc(CN2CC[C@]3(CCOC3)C2)c2cc[nH]c2c1. The molecular formula is C16H20N2O. The van der Waals surface area contributed by atoms with Gasteiger partial charge in [-0.25, -0.2) is 0 Å². The molecule has 19 heavy (non-hydrogen) atoms. The van der Waals surface area contributed by atoms with E-state index in [4.69, 9.17) is 4.74 Å². The highest BCUT2D eigenvalue weighted by Gasteiger charge is 2.41. The van der Waals surface area contributed by atoms with Crippen LogP contribution < -0.4 is 0 Å². The van der Waals surface area contributed by atoms with Crippen LogP contribution >= 0.6 is 0 Å². The fraction of sp³-hybridized carbons (Fsp3) is 0.500. The lowest BCUT2D eigenvalue weighted by atomic mass is 9.87. The minimum Gasteiger partial charge on any atom is -0.381 e. The van der Waals surface area contributed by atoms with Crippen molar-refractivity contribution >= 4 is 10.9 Å². The van der Waals surface area contributed by atoms with E-state index in [-0.39, 0.29) is 0 Å². The van der Waals surface area contributed by atoms with Gasteiger partial charge in [0.15, 0.2) is 0 Å². The average molecular weight is 256 g/mol. The Morgan fingerprint density at radius 2 is 2.26 bits per heavy atom. The molecule has 1 spiro atoms. The summed E-state index contributed by atoms with van der Waals surface area (Å²) < 4.78 is 5.61. The van der Waals surface area contributed by atoms with Gasteiger partial charge in [0.25, 0.3) is 0 Å². The Kier molecular flexibility index (Phi) is 2.64. The second-order valence-electron chi connectivity index (χ2n) is 6.12. The van der Waals surface area contributed by atoms with Crippen LogP contribution in [0.3, 0.4) is 0 Å². The number of hydrogen-bond donors (Lipinski definition) is 1.